The highest BCUT2D eigenvalue weighted by Crippen LogP contribution is 2.36. The molecule has 2 aromatic carbocycles. The van der Waals surface area contributed by atoms with E-state index in [0.29, 0.717) is 18.5 Å². The van der Waals surface area contributed by atoms with Crippen LogP contribution in [0, 0.1) is 5.92 Å². The Labute approximate surface area is 235 Å². The fourth-order valence-electron chi connectivity index (χ4n) is 5.29. The van der Waals surface area contributed by atoms with Gasteiger partial charge in [-0.15, -0.1) is 0 Å². The molecule has 0 aliphatic heterocycles. The first-order chi connectivity index (χ1) is 19.7. The quantitative estimate of drug-likeness (QED) is 0.291. The van der Waals surface area contributed by atoms with E-state index >= 15 is 0 Å². The van der Waals surface area contributed by atoms with Gasteiger partial charge in [-0.25, -0.2) is 9.67 Å². The summed E-state index contributed by atoms with van der Waals surface area (Å²) in [5, 5.41) is 8.87. The lowest BCUT2D eigenvalue weighted by molar-refractivity contribution is -0.141. The van der Waals surface area contributed by atoms with E-state index < -0.39 is 23.3 Å². The Morgan fingerprint density at radius 3 is 2.20 bits per heavy atom. The smallest absolute Gasteiger partial charge is 0.354 e. The summed E-state index contributed by atoms with van der Waals surface area (Å²) in [7, 11) is 1.99. The summed E-state index contributed by atoms with van der Waals surface area (Å²) in [4.78, 5) is 30.2. The Hall–Kier alpha value is -4.41. The number of alkyl halides is 3. The number of nitrogens with one attached hydrogen (secondary N) is 2. The average Bonchev–Trinajstić information content (AvgIpc) is 3.61. The number of carbonyl (C=O) groups excluding carboxylic acids is 2. The molecule has 41 heavy (non-hydrogen) atoms. The zero-order chi connectivity index (χ0) is 29.0. The molecule has 0 saturated heterocycles. The van der Waals surface area contributed by atoms with Gasteiger partial charge in [0.1, 0.15) is 5.82 Å². The van der Waals surface area contributed by atoms with Crippen molar-refractivity contribution < 1.29 is 22.8 Å². The number of aryl methyl sites for hydroxylation is 1. The van der Waals surface area contributed by atoms with Crippen LogP contribution in [0.15, 0.2) is 73.1 Å². The number of rotatable bonds is 8. The van der Waals surface area contributed by atoms with Gasteiger partial charge >= 0.3 is 6.18 Å². The van der Waals surface area contributed by atoms with Crippen molar-refractivity contribution in [2.45, 2.75) is 37.8 Å². The maximum absolute atomic E-state index is 13.6. The molecule has 11 heteroatoms. The molecule has 2 heterocycles. The molecule has 2 aromatic heterocycles. The molecule has 2 amide bonds. The Morgan fingerprint density at radius 2 is 1.54 bits per heavy atom. The molecule has 8 nitrogen and oxygen atoms in total. The Bertz CT molecular complexity index is 1490. The molecule has 1 aliphatic carbocycles. The van der Waals surface area contributed by atoms with E-state index in [4.69, 9.17) is 4.98 Å². The zero-order valence-corrected chi connectivity index (χ0v) is 22.6. The van der Waals surface area contributed by atoms with Crippen LogP contribution in [0.4, 0.5) is 13.2 Å². The number of hydrogen-bond acceptors (Lipinski definition) is 4. The lowest BCUT2D eigenvalue weighted by Crippen LogP contribution is -2.38. The molecule has 0 atom stereocenters. The van der Waals surface area contributed by atoms with Crippen LogP contribution in [-0.2, 0) is 18.0 Å². The average molecular weight is 565 g/mol. The molecule has 1 saturated carbocycles. The minimum absolute atomic E-state index is 0.0106. The van der Waals surface area contributed by atoms with E-state index in [1.807, 2.05) is 43.6 Å². The van der Waals surface area contributed by atoms with Crippen molar-refractivity contribution in [3.8, 4) is 16.9 Å². The summed E-state index contributed by atoms with van der Waals surface area (Å²) in [6.45, 7) is 0.0990. The predicted octanol–water partition coefficient (Wildman–Crippen LogP) is 5.11. The molecule has 1 fully saturated rings. The molecular weight excluding hydrogens is 533 g/mol. The van der Waals surface area contributed by atoms with Crippen molar-refractivity contribution in [1.29, 1.82) is 0 Å². The molecule has 4 aromatic rings. The molecule has 0 spiro atoms. The third-order valence-corrected chi connectivity index (χ3v) is 7.40. The van der Waals surface area contributed by atoms with Crippen molar-refractivity contribution in [2.75, 3.05) is 13.1 Å². The first kappa shape index (κ1) is 28.1. The van der Waals surface area contributed by atoms with Crippen LogP contribution in [0.5, 0.6) is 0 Å². The van der Waals surface area contributed by atoms with Gasteiger partial charge in [-0.3, -0.25) is 9.59 Å². The highest BCUT2D eigenvalue weighted by Gasteiger charge is 2.39. The molecule has 214 valence electrons. The van der Waals surface area contributed by atoms with Crippen LogP contribution in [0.2, 0.25) is 0 Å². The summed E-state index contributed by atoms with van der Waals surface area (Å²) in [6.07, 6.45) is 1.39. The fraction of sp³-hybridized carbons (Fsp3) is 0.333. The maximum Gasteiger partial charge on any atom is 0.435 e. The standard InChI is InChI=1S/C30H31F3N6O2/c1-38-19-25(20-8-4-2-5-9-20)36-27(38)21-12-14-22(15-13-21)28(40)34-16-17-35-29(41)24-18-39(23-10-6-3-7-11-23)37-26(24)30(31,32)33/h2-11,18-19,21-22H,12-17H2,1H3,(H,34,40)(H,35,41)/t21-,22-. The molecule has 0 bridgehead atoms. The second kappa shape index (κ2) is 12.0. The Kier molecular flexibility index (Phi) is 8.23. The summed E-state index contributed by atoms with van der Waals surface area (Å²) in [5.74, 6) is 0.103. The van der Waals surface area contributed by atoms with Crippen LogP contribution >= 0.6 is 0 Å². The van der Waals surface area contributed by atoms with Gasteiger partial charge in [-0.05, 0) is 37.8 Å². The number of benzene rings is 2. The molecule has 0 unspecified atom stereocenters. The molecular formula is C30H31F3N6O2. The number of carbonyl (C=O) groups is 2. The summed E-state index contributed by atoms with van der Waals surface area (Å²) < 4.78 is 43.8. The monoisotopic (exact) mass is 564 g/mol. The number of imidazole rings is 1. The number of aromatic nitrogens is 4. The summed E-state index contributed by atoms with van der Waals surface area (Å²) >= 11 is 0. The van der Waals surface area contributed by atoms with Crippen LogP contribution < -0.4 is 10.6 Å². The van der Waals surface area contributed by atoms with Gasteiger partial charge in [-0.1, -0.05) is 48.5 Å². The van der Waals surface area contributed by atoms with Crippen molar-refractivity contribution in [1.82, 2.24) is 30.0 Å². The summed E-state index contributed by atoms with van der Waals surface area (Å²) in [6, 6.07) is 18.2. The number of para-hydroxylation sites is 1. The lowest BCUT2D eigenvalue weighted by atomic mass is 9.81. The highest BCUT2D eigenvalue weighted by molar-refractivity contribution is 5.95. The SMILES string of the molecule is Cn1cc(-c2ccccc2)nc1[C@H]1CC[C@H](C(=O)NCCNC(=O)c2cn(-c3ccccc3)nc2C(F)(F)F)CC1. The second-order valence-corrected chi connectivity index (χ2v) is 10.2. The van der Waals surface area contributed by atoms with Gasteiger partial charge in [0.15, 0.2) is 5.69 Å². The van der Waals surface area contributed by atoms with Crippen LogP contribution in [0.1, 0.15) is 53.5 Å². The minimum atomic E-state index is -4.79. The van der Waals surface area contributed by atoms with E-state index in [1.54, 1.807) is 30.3 Å². The van der Waals surface area contributed by atoms with Gasteiger partial charge in [0.05, 0.1) is 16.9 Å². The number of halogens is 3. The largest absolute Gasteiger partial charge is 0.435 e. The van der Waals surface area contributed by atoms with Crippen LogP contribution in [0.25, 0.3) is 16.9 Å². The zero-order valence-electron chi connectivity index (χ0n) is 22.6. The van der Waals surface area contributed by atoms with Gasteiger partial charge in [-0.2, -0.15) is 18.3 Å². The Balaban J connectivity index is 1.10. The van der Waals surface area contributed by atoms with Crippen molar-refractivity contribution >= 4 is 11.8 Å². The summed E-state index contributed by atoms with van der Waals surface area (Å²) in [5.41, 5.74) is 0.562. The van der Waals surface area contributed by atoms with E-state index in [1.165, 1.54) is 0 Å². The van der Waals surface area contributed by atoms with Crippen molar-refractivity contribution in [3.05, 3.63) is 90.1 Å². The first-order valence-electron chi connectivity index (χ1n) is 13.6. The second-order valence-electron chi connectivity index (χ2n) is 10.2. The molecule has 2 N–H and O–H groups in total. The normalized spacial score (nSPS) is 17.3. The number of nitrogens with zero attached hydrogens (tertiary/aromatic N) is 4. The van der Waals surface area contributed by atoms with E-state index in [9.17, 15) is 22.8 Å². The molecule has 0 radical (unpaired) electrons. The topological polar surface area (TPSA) is 93.8 Å². The van der Waals surface area contributed by atoms with Crippen molar-refractivity contribution in [2.24, 2.45) is 13.0 Å². The van der Waals surface area contributed by atoms with Crippen LogP contribution in [0.3, 0.4) is 0 Å². The highest BCUT2D eigenvalue weighted by atomic mass is 19.4. The van der Waals surface area contributed by atoms with Gasteiger partial charge in [0.2, 0.25) is 5.91 Å². The Morgan fingerprint density at radius 1 is 0.902 bits per heavy atom. The molecule has 1 aliphatic rings. The predicted molar refractivity (Wildman–Crippen MR) is 147 cm³/mol. The van der Waals surface area contributed by atoms with Gasteiger partial charge < -0.3 is 15.2 Å². The maximum atomic E-state index is 13.6. The van der Waals surface area contributed by atoms with E-state index in [0.717, 1.165) is 40.8 Å². The number of hydrogen-bond donors (Lipinski definition) is 2. The fourth-order valence-corrected chi connectivity index (χ4v) is 5.29. The van der Waals surface area contributed by atoms with Crippen molar-refractivity contribution in [3.63, 3.8) is 0 Å². The van der Waals surface area contributed by atoms with Crippen LogP contribution in [-0.4, -0.2) is 44.2 Å². The van der Waals surface area contributed by atoms with Gasteiger partial charge in [0, 0.05) is 49.9 Å². The van der Waals surface area contributed by atoms with E-state index in [-0.39, 0.29) is 30.8 Å². The third-order valence-electron chi connectivity index (χ3n) is 7.40. The lowest BCUT2D eigenvalue weighted by Gasteiger charge is -2.27. The third kappa shape index (κ3) is 6.50. The number of amides is 2. The van der Waals surface area contributed by atoms with Gasteiger partial charge in [0.25, 0.3) is 5.91 Å². The minimum Gasteiger partial charge on any atom is -0.354 e. The first-order valence-corrected chi connectivity index (χ1v) is 13.6. The molecule has 5 rings (SSSR count). The van der Waals surface area contributed by atoms with E-state index in [2.05, 4.69) is 20.3 Å².